The summed E-state index contributed by atoms with van der Waals surface area (Å²) >= 11 is 0. The molecule has 2 N–H and O–H groups in total. The van der Waals surface area contributed by atoms with Crippen LogP contribution in [0.15, 0.2) is 30.5 Å². The Morgan fingerprint density at radius 1 is 1.10 bits per heavy atom. The van der Waals surface area contributed by atoms with Crippen LogP contribution in [0.4, 0.5) is 0 Å². The van der Waals surface area contributed by atoms with E-state index in [0.717, 1.165) is 29.5 Å². The first kappa shape index (κ1) is 27.7. The highest BCUT2D eigenvalue weighted by molar-refractivity contribution is 6.09. The summed E-state index contributed by atoms with van der Waals surface area (Å²) < 4.78 is 0. The number of likely N-dealkylation sites (N-methyl/N-ethyl adjacent to an activating group) is 1. The normalized spacial score (nSPS) is 26.9. The van der Waals surface area contributed by atoms with Gasteiger partial charge in [-0.15, -0.1) is 0 Å². The lowest BCUT2D eigenvalue weighted by molar-refractivity contribution is -0.168. The maximum absolute atomic E-state index is 14.1. The van der Waals surface area contributed by atoms with Gasteiger partial charge in [0, 0.05) is 36.2 Å². The van der Waals surface area contributed by atoms with Crippen molar-refractivity contribution < 1.29 is 19.2 Å². The fraction of sp³-hybridized carbons (Fsp3) is 0.562. The topological polar surface area (TPSA) is 106 Å². The average molecular weight is 560 g/mol. The van der Waals surface area contributed by atoms with E-state index in [1.54, 1.807) is 4.90 Å². The number of nitrogens with zero attached hydrogens (tertiary/aromatic N) is 3. The third kappa shape index (κ3) is 4.58. The van der Waals surface area contributed by atoms with Crippen molar-refractivity contribution >= 4 is 40.1 Å². The first-order valence-corrected chi connectivity index (χ1v) is 15.1. The number of carbonyl (C=O) groups excluding carboxylic acids is 4. The lowest BCUT2D eigenvalue weighted by Gasteiger charge is -2.43. The van der Waals surface area contributed by atoms with Crippen LogP contribution in [0.2, 0.25) is 0 Å². The second-order valence-corrected chi connectivity index (χ2v) is 13.0. The van der Waals surface area contributed by atoms with Crippen LogP contribution in [-0.2, 0) is 25.6 Å². The summed E-state index contributed by atoms with van der Waals surface area (Å²) in [5, 5.41) is 4.24. The number of imide groups is 1. The Hall–Kier alpha value is -3.46. The predicted octanol–water partition coefficient (Wildman–Crippen LogP) is 2.95. The van der Waals surface area contributed by atoms with E-state index in [4.69, 9.17) is 0 Å². The van der Waals surface area contributed by atoms with Crippen LogP contribution < -0.4 is 5.32 Å². The molecule has 41 heavy (non-hydrogen) atoms. The number of hydrogen-bond acceptors (Lipinski definition) is 5. The monoisotopic (exact) mass is 559 g/mol. The van der Waals surface area contributed by atoms with Gasteiger partial charge in [-0.1, -0.05) is 45.9 Å². The molecule has 0 radical (unpaired) electrons. The Morgan fingerprint density at radius 2 is 1.88 bits per heavy atom. The van der Waals surface area contributed by atoms with Crippen molar-refractivity contribution in [3.05, 3.63) is 41.6 Å². The summed E-state index contributed by atoms with van der Waals surface area (Å²) in [5.41, 5.74) is 4.66. The molecule has 2 fully saturated rings. The summed E-state index contributed by atoms with van der Waals surface area (Å²) in [6, 6.07) is 4.08. The molecule has 2 saturated heterocycles. The van der Waals surface area contributed by atoms with Gasteiger partial charge in [0.25, 0.3) is 11.8 Å². The quantitative estimate of drug-likeness (QED) is 0.566. The molecule has 9 nitrogen and oxygen atoms in total. The fourth-order valence-electron chi connectivity index (χ4n) is 7.36. The van der Waals surface area contributed by atoms with E-state index in [2.05, 4.69) is 39.6 Å². The number of piperazine rings is 1. The van der Waals surface area contributed by atoms with E-state index in [-0.39, 0.29) is 35.6 Å². The second kappa shape index (κ2) is 10.4. The molecule has 4 heterocycles. The fourth-order valence-corrected chi connectivity index (χ4v) is 7.36. The number of fused-ring (bicyclic) bond motifs is 3. The molecule has 1 aromatic carbocycles. The van der Waals surface area contributed by atoms with Gasteiger partial charge in [0.15, 0.2) is 0 Å². The number of H-pyrrole nitrogens is 1. The molecule has 2 aromatic rings. The molecule has 218 valence electrons. The van der Waals surface area contributed by atoms with Gasteiger partial charge in [-0.05, 0) is 67.3 Å². The van der Waals surface area contributed by atoms with E-state index < -0.39 is 30.0 Å². The lowest BCUT2D eigenvalue weighted by atomic mass is 9.79. The number of carbonyl (C=O) groups is 4. The van der Waals surface area contributed by atoms with Crippen molar-refractivity contribution in [3.63, 3.8) is 0 Å². The summed E-state index contributed by atoms with van der Waals surface area (Å²) in [5.74, 6) is -1.76. The Bertz CT molecular complexity index is 1440. The lowest BCUT2D eigenvalue weighted by Crippen LogP contribution is -2.67. The highest BCUT2D eigenvalue weighted by Crippen LogP contribution is 2.41. The third-order valence-electron chi connectivity index (χ3n) is 9.42. The van der Waals surface area contributed by atoms with Crippen molar-refractivity contribution in [1.82, 2.24) is 25.0 Å². The minimum absolute atomic E-state index is 0.121. The van der Waals surface area contributed by atoms with Crippen LogP contribution >= 0.6 is 0 Å². The SMILES string of the molecule is CC(C)C[C@H]1C(=O)N2CCC[C@@H]2C(=O)N1C(=O)[C@@H](NC(=O)[C@@H]1C=C2c3cccc4[nH]cc(c34)C[C@H]2N(C)C1)C(C)C. The molecular weight excluding hydrogens is 518 g/mol. The van der Waals surface area contributed by atoms with E-state index in [0.29, 0.717) is 25.9 Å². The number of rotatable bonds is 6. The Morgan fingerprint density at radius 3 is 2.61 bits per heavy atom. The zero-order valence-corrected chi connectivity index (χ0v) is 24.6. The summed E-state index contributed by atoms with van der Waals surface area (Å²) in [6.45, 7) is 8.80. The first-order valence-electron chi connectivity index (χ1n) is 15.1. The van der Waals surface area contributed by atoms with Gasteiger partial charge in [-0.3, -0.25) is 29.0 Å². The van der Waals surface area contributed by atoms with Gasteiger partial charge < -0.3 is 15.2 Å². The summed E-state index contributed by atoms with van der Waals surface area (Å²) in [6.07, 6.45) is 6.76. The molecule has 1 aromatic heterocycles. The van der Waals surface area contributed by atoms with Crippen molar-refractivity contribution in [3.8, 4) is 0 Å². The maximum Gasteiger partial charge on any atom is 0.252 e. The van der Waals surface area contributed by atoms with Crippen molar-refractivity contribution in [2.45, 2.75) is 77.5 Å². The van der Waals surface area contributed by atoms with Gasteiger partial charge >= 0.3 is 0 Å². The van der Waals surface area contributed by atoms with Crippen molar-refractivity contribution in [2.75, 3.05) is 20.1 Å². The molecule has 3 aliphatic heterocycles. The van der Waals surface area contributed by atoms with Crippen molar-refractivity contribution in [1.29, 1.82) is 0 Å². The predicted molar refractivity (Wildman–Crippen MR) is 156 cm³/mol. The van der Waals surface area contributed by atoms with Gasteiger partial charge in [-0.25, -0.2) is 0 Å². The maximum atomic E-state index is 14.1. The van der Waals surface area contributed by atoms with Crippen molar-refractivity contribution in [2.24, 2.45) is 17.8 Å². The molecule has 1 aliphatic carbocycles. The van der Waals surface area contributed by atoms with Crippen LogP contribution in [0, 0.1) is 17.8 Å². The number of hydrogen-bond donors (Lipinski definition) is 2. The van der Waals surface area contributed by atoms with E-state index in [1.807, 2.05) is 40.8 Å². The zero-order chi connectivity index (χ0) is 29.2. The van der Waals surface area contributed by atoms with Gasteiger partial charge in [0.05, 0.1) is 5.92 Å². The average Bonchev–Trinajstić information content (AvgIpc) is 3.59. The molecule has 6 rings (SSSR count). The molecular formula is C32H41N5O4. The van der Waals surface area contributed by atoms with E-state index >= 15 is 0 Å². The first-order chi connectivity index (χ1) is 19.6. The molecule has 9 heteroatoms. The molecule has 0 spiro atoms. The zero-order valence-electron chi connectivity index (χ0n) is 24.6. The molecule has 0 unspecified atom stereocenters. The number of aromatic nitrogens is 1. The number of nitrogens with one attached hydrogen (secondary N) is 2. The van der Waals surface area contributed by atoms with Gasteiger partial charge in [0.2, 0.25) is 11.8 Å². The molecule has 4 amide bonds. The molecule has 5 atom stereocenters. The minimum Gasteiger partial charge on any atom is -0.361 e. The van der Waals surface area contributed by atoms with Gasteiger partial charge in [-0.2, -0.15) is 0 Å². The smallest absolute Gasteiger partial charge is 0.252 e. The van der Waals surface area contributed by atoms with Crippen LogP contribution in [0.5, 0.6) is 0 Å². The Balaban J connectivity index is 1.28. The van der Waals surface area contributed by atoms with Crippen LogP contribution in [0.1, 0.15) is 58.1 Å². The summed E-state index contributed by atoms with van der Waals surface area (Å²) in [4.78, 5) is 63.5. The second-order valence-electron chi connectivity index (χ2n) is 13.0. The Labute approximate surface area is 241 Å². The number of aromatic amines is 1. The highest BCUT2D eigenvalue weighted by atomic mass is 16.2. The minimum atomic E-state index is -0.908. The molecule has 4 aliphatic rings. The van der Waals surface area contributed by atoms with E-state index in [1.165, 1.54) is 15.8 Å². The highest BCUT2D eigenvalue weighted by Gasteiger charge is 2.51. The number of benzene rings is 1. The van der Waals surface area contributed by atoms with Crippen LogP contribution in [-0.4, -0.2) is 87.6 Å². The van der Waals surface area contributed by atoms with E-state index in [9.17, 15) is 19.2 Å². The van der Waals surface area contributed by atoms with Crippen LogP contribution in [0.3, 0.4) is 0 Å². The standard InChI is InChI=1S/C32H41N5O4/c1-17(2)12-26-30(39)36-11-7-10-24(36)31(40)37(26)32(41)28(18(3)4)34-29(38)20-13-22-21-8-6-9-23-27(21)19(15-33-23)14-25(22)35(5)16-20/h6,8-9,13,15,17-18,20,24-26,28,33H,7,10-12,14,16H2,1-5H3,(H,34,38)/t20-,24-,25-,26+,28+/m1/s1. The summed E-state index contributed by atoms with van der Waals surface area (Å²) in [7, 11) is 2.04. The largest absolute Gasteiger partial charge is 0.361 e. The van der Waals surface area contributed by atoms with Gasteiger partial charge in [0.1, 0.15) is 18.1 Å². The third-order valence-corrected chi connectivity index (χ3v) is 9.42. The Kier molecular flexibility index (Phi) is 7.04. The number of amides is 4. The molecule has 0 saturated carbocycles. The molecule has 0 bridgehead atoms. The van der Waals surface area contributed by atoms with Crippen LogP contribution in [0.25, 0.3) is 16.5 Å².